The third-order valence-electron chi connectivity index (χ3n) is 8.83. The van der Waals surface area contributed by atoms with Crippen molar-refractivity contribution in [1.82, 2.24) is 0 Å². The van der Waals surface area contributed by atoms with Crippen LogP contribution in [0.3, 0.4) is 0 Å². The highest BCUT2D eigenvalue weighted by Crippen LogP contribution is 2.37. The summed E-state index contributed by atoms with van der Waals surface area (Å²) in [5, 5.41) is 10.9. The summed E-state index contributed by atoms with van der Waals surface area (Å²) in [4.78, 5) is 123. The maximum Gasteiger partial charge on any atom is 0.303 e. The summed E-state index contributed by atoms with van der Waals surface area (Å²) in [6.07, 6.45) is -26.6. The molecule has 0 aliphatic carbocycles. The summed E-state index contributed by atoms with van der Waals surface area (Å²) in [6, 6.07) is 0. The van der Waals surface area contributed by atoms with E-state index in [4.69, 9.17) is 71.1 Å². The first kappa shape index (κ1) is 52.8. The van der Waals surface area contributed by atoms with E-state index in [0.29, 0.717) is 0 Å². The second-order valence-corrected chi connectivity index (χ2v) is 14.3. The molecule has 3 fully saturated rings. The smallest absolute Gasteiger partial charge is 0.303 e. The lowest BCUT2D eigenvalue weighted by molar-refractivity contribution is -0.366. The number of rotatable bonds is 17. The zero-order valence-electron chi connectivity index (χ0n) is 36.4. The Hall–Kier alpha value is -5.54. The Morgan fingerprint density at radius 1 is 0.344 bits per heavy atom. The molecule has 3 saturated heterocycles. The van der Waals surface area contributed by atoms with Crippen LogP contribution in [0.1, 0.15) is 69.2 Å². The predicted molar refractivity (Wildman–Crippen MR) is 197 cm³/mol. The first-order valence-electron chi connectivity index (χ1n) is 19.4. The fourth-order valence-corrected chi connectivity index (χ4v) is 6.80. The number of aliphatic hydroxyl groups excluding tert-OH is 1. The topological polar surface area (TPSA) is 329 Å². The molecule has 0 aromatic rings. The molecule has 0 saturated carbocycles. The number of carbonyl (C=O) groups excluding carboxylic acids is 10. The Balaban J connectivity index is 2.22. The molecule has 3 heterocycles. The Morgan fingerprint density at radius 3 is 1.03 bits per heavy atom. The van der Waals surface area contributed by atoms with Gasteiger partial charge in [-0.3, -0.25) is 47.9 Å². The van der Waals surface area contributed by atoms with E-state index in [1.807, 2.05) is 0 Å². The van der Waals surface area contributed by atoms with Crippen LogP contribution >= 0.6 is 0 Å². The van der Waals surface area contributed by atoms with Crippen molar-refractivity contribution in [3.8, 4) is 0 Å². The lowest BCUT2D eigenvalue weighted by Crippen LogP contribution is -2.67. The molecule has 3 rings (SSSR count). The van der Waals surface area contributed by atoms with E-state index in [0.717, 1.165) is 69.2 Å². The molecule has 0 aromatic carbocycles. The van der Waals surface area contributed by atoms with Gasteiger partial charge in [-0.1, -0.05) is 0 Å². The predicted octanol–water partition coefficient (Wildman–Crippen LogP) is -1.86. The molecule has 0 amide bonds. The van der Waals surface area contributed by atoms with E-state index in [2.05, 4.69) is 0 Å². The van der Waals surface area contributed by atoms with Crippen LogP contribution in [0.5, 0.6) is 0 Å². The van der Waals surface area contributed by atoms with Crippen molar-refractivity contribution in [2.24, 2.45) is 0 Å². The van der Waals surface area contributed by atoms with Crippen LogP contribution in [0, 0.1) is 0 Å². The van der Waals surface area contributed by atoms with Crippen molar-refractivity contribution >= 4 is 59.7 Å². The fraction of sp³-hybridized carbons (Fsp3) is 0.737. The monoisotopic (exact) mass is 924 g/mol. The van der Waals surface area contributed by atoms with E-state index in [-0.39, 0.29) is 0 Å². The zero-order chi connectivity index (χ0) is 48.2. The molecule has 3 aliphatic heterocycles. The summed E-state index contributed by atoms with van der Waals surface area (Å²) < 4.78 is 83.9. The molecule has 15 atom stereocenters. The van der Waals surface area contributed by atoms with Gasteiger partial charge in [-0.05, 0) is 0 Å². The van der Waals surface area contributed by atoms with Crippen LogP contribution in [0.15, 0.2) is 0 Å². The van der Waals surface area contributed by atoms with Gasteiger partial charge < -0.3 is 76.2 Å². The molecule has 0 radical (unpaired) electrons. The summed E-state index contributed by atoms with van der Waals surface area (Å²) in [5.74, 6) is -9.51. The Kier molecular flexibility index (Phi) is 19.8. The van der Waals surface area contributed by atoms with Crippen LogP contribution in [-0.4, -0.2) is 177 Å². The molecule has 0 unspecified atom stereocenters. The second-order valence-electron chi connectivity index (χ2n) is 14.3. The first-order chi connectivity index (χ1) is 29.9. The van der Waals surface area contributed by atoms with Crippen molar-refractivity contribution in [3.63, 3.8) is 0 Å². The van der Waals surface area contributed by atoms with Gasteiger partial charge in [0.2, 0.25) is 0 Å². The minimum absolute atomic E-state index is 0.684. The number of carbonyl (C=O) groups is 10. The standard InChI is InChI=1S/C38H52O26/c1-14(39)50-11-25-29(55-18(5)43)32(64-38-35(60-23(10)48)31(57-20(7)45)28(54-17(4)42)26(63-38)12-51-15(2)40)34(59-22(9)47)37(62-25)52-13-24-27(53-16(3)41)30(56-19(6)44)33(36(49)61-24)58-21(8)46/h24-38,49H,11-13H2,1-10H3/t24-,25-,26-,27-,28-,29-,30+,31+,32+,33-,34-,35-,36-,37-,38+/m1/s1. The molecule has 3 aliphatic rings. The average Bonchev–Trinajstić information content (AvgIpc) is 3.14. The van der Waals surface area contributed by atoms with Crippen molar-refractivity contribution in [2.45, 2.75) is 161 Å². The highest BCUT2D eigenvalue weighted by Gasteiger charge is 2.59. The van der Waals surface area contributed by atoms with E-state index in [9.17, 15) is 53.1 Å². The molecule has 0 spiro atoms. The molecular weight excluding hydrogens is 872 g/mol. The van der Waals surface area contributed by atoms with Gasteiger partial charge in [0.25, 0.3) is 0 Å². The van der Waals surface area contributed by atoms with Gasteiger partial charge in [0, 0.05) is 69.2 Å². The second kappa shape index (κ2) is 23.9. The van der Waals surface area contributed by atoms with Crippen LogP contribution < -0.4 is 0 Å². The van der Waals surface area contributed by atoms with Crippen LogP contribution in [-0.2, 0) is 119 Å². The van der Waals surface area contributed by atoms with Crippen molar-refractivity contribution in [3.05, 3.63) is 0 Å². The maximum absolute atomic E-state index is 12.8. The number of aliphatic hydroxyl groups is 1. The normalized spacial score (nSPS) is 32.3. The number of hydrogen-bond donors (Lipinski definition) is 1. The summed E-state index contributed by atoms with van der Waals surface area (Å²) in [5.41, 5.74) is 0. The van der Waals surface area contributed by atoms with Gasteiger partial charge in [-0.2, -0.15) is 0 Å². The lowest BCUT2D eigenvalue weighted by Gasteiger charge is -2.49. The van der Waals surface area contributed by atoms with Gasteiger partial charge in [0.15, 0.2) is 67.7 Å². The molecule has 26 heteroatoms. The van der Waals surface area contributed by atoms with Gasteiger partial charge in [0.1, 0.15) is 37.6 Å². The largest absolute Gasteiger partial charge is 0.463 e. The van der Waals surface area contributed by atoms with Gasteiger partial charge in [-0.15, -0.1) is 0 Å². The molecule has 64 heavy (non-hydrogen) atoms. The molecule has 360 valence electrons. The van der Waals surface area contributed by atoms with Crippen LogP contribution in [0.4, 0.5) is 0 Å². The Morgan fingerprint density at radius 2 is 0.641 bits per heavy atom. The molecule has 1 N–H and O–H groups in total. The van der Waals surface area contributed by atoms with E-state index in [1.54, 1.807) is 0 Å². The summed E-state index contributed by atoms with van der Waals surface area (Å²) in [6.45, 7) is 7.67. The summed E-state index contributed by atoms with van der Waals surface area (Å²) >= 11 is 0. The van der Waals surface area contributed by atoms with E-state index < -0.39 is 172 Å². The minimum atomic E-state index is -2.03. The minimum Gasteiger partial charge on any atom is -0.463 e. The highest BCUT2D eigenvalue weighted by atomic mass is 16.8. The molecule has 0 aromatic heterocycles. The maximum atomic E-state index is 12.8. The Bertz CT molecular complexity index is 1730. The van der Waals surface area contributed by atoms with Gasteiger partial charge in [0.05, 0.1) is 6.61 Å². The third kappa shape index (κ3) is 15.6. The van der Waals surface area contributed by atoms with Crippen LogP contribution in [0.25, 0.3) is 0 Å². The molecular formula is C38H52O26. The van der Waals surface area contributed by atoms with Crippen molar-refractivity contribution < 1.29 is 124 Å². The third-order valence-corrected chi connectivity index (χ3v) is 8.83. The molecule has 26 nitrogen and oxygen atoms in total. The number of ether oxygens (including phenoxy) is 15. The van der Waals surface area contributed by atoms with Gasteiger partial charge in [-0.25, -0.2) is 0 Å². The Labute approximate surface area is 364 Å². The average molecular weight is 925 g/mol. The SMILES string of the molecule is CC(=O)OC[C@H]1O[C@@H](O[C@@H]2[C@@H](OC(C)=O)[C@H](OC[C@H]3O[C@@H](O)[C@H](OC(C)=O)[C@@H](OC(C)=O)[C@@H]3OC(C)=O)O[C@H](COC(C)=O)[C@H]2OC(C)=O)[C@H](OC(C)=O)[C@@H](OC(C)=O)[C@@H]1OC(C)=O. The zero-order valence-corrected chi connectivity index (χ0v) is 36.4. The molecule has 0 bridgehead atoms. The quantitative estimate of drug-likeness (QED) is 0.123. The van der Waals surface area contributed by atoms with Crippen LogP contribution in [0.2, 0.25) is 0 Å². The number of hydrogen-bond acceptors (Lipinski definition) is 26. The summed E-state index contributed by atoms with van der Waals surface area (Å²) in [7, 11) is 0. The van der Waals surface area contributed by atoms with Crippen molar-refractivity contribution in [1.29, 1.82) is 0 Å². The van der Waals surface area contributed by atoms with E-state index in [1.165, 1.54) is 0 Å². The first-order valence-corrected chi connectivity index (χ1v) is 19.4. The fourth-order valence-electron chi connectivity index (χ4n) is 6.80. The lowest BCUT2D eigenvalue weighted by atomic mass is 9.95. The number of esters is 10. The van der Waals surface area contributed by atoms with E-state index >= 15 is 0 Å². The highest BCUT2D eigenvalue weighted by molar-refractivity contribution is 5.70. The van der Waals surface area contributed by atoms with Crippen molar-refractivity contribution in [2.75, 3.05) is 19.8 Å². The van der Waals surface area contributed by atoms with Gasteiger partial charge >= 0.3 is 59.7 Å².